The lowest BCUT2D eigenvalue weighted by Gasteiger charge is -2.39. The molecule has 0 saturated carbocycles. The number of carbonyl (C=O) groups excluding carboxylic acids is 2. The zero-order valence-electron chi connectivity index (χ0n) is 14.6. The topological polar surface area (TPSA) is 76.3 Å². The number of rotatable bonds is 1. The summed E-state index contributed by atoms with van der Waals surface area (Å²) in [7, 11) is 0. The molecule has 1 aromatic rings. The Hall–Kier alpha value is -2.38. The first-order valence-corrected chi connectivity index (χ1v) is 8.30. The molecule has 5 nitrogen and oxygen atoms in total. The Labute approximate surface area is 149 Å². The molecule has 26 heavy (non-hydrogen) atoms. The highest BCUT2D eigenvalue weighted by molar-refractivity contribution is 5.99. The Bertz CT molecular complexity index is 801. The fourth-order valence-electron chi connectivity index (χ4n) is 4.00. The molecule has 0 radical (unpaired) electrons. The first-order chi connectivity index (χ1) is 11.9. The summed E-state index contributed by atoms with van der Waals surface area (Å²) < 4.78 is 38.5. The molecule has 1 amide bonds. The number of carbonyl (C=O) groups is 2. The summed E-state index contributed by atoms with van der Waals surface area (Å²) in [6, 6.07) is 3.29. The van der Waals surface area contributed by atoms with Gasteiger partial charge in [-0.3, -0.25) is 9.59 Å². The van der Waals surface area contributed by atoms with Crippen molar-refractivity contribution < 1.29 is 22.8 Å². The van der Waals surface area contributed by atoms with E-state index in [1.165, 1.54) is 17.0 Å². The zero-order valence-corrected chi connectivity index (χ0v) is 14.6. The van der Waals surface area contributed by atoms with Gasteiger partial charge in [0.05, 0.1) is 5.70 Å². The number of nitrogens with zero attached hydrogens (tertiary/aromatic N) is 2. The number of halogens is 3. The smallest absolute Gasteiger partial charge is 0.396 e. The molecule has 0 aromatic carbocycles. The molecule has 1 spiro atoms. The molecular formula is C18H20F3N3O2. The van der Waals surface area contributed by atoms with Gasteiger partial charge in [-0.05, 0) is 31.1 Å². The largest absolute Gasteiger partial charge is 0.433 e. The summed E-state index contributed by atoms with van der Waals surface area (Å²) in [5.74, 6) is -0.665. The van der Waals surface area contributed by atoms with Gasteiger partial charge in [0.15, 0.2) is 5.78 Å². The third-order valence-electron chi connectivity index (χ3n) is 5.06. The van der Waals surface area contributed by atoms with Gasteiger partial charge in [-0.2, -0.15) is 13.2 Å². The highest BCUT2D eigenvalue weighted by atomic mass is 19.4. The van der Waals surface area contributed by atoms with Gasteiger partial charge in [0.2, 0.25) is 0 Å². The molecule has 3 rings (SSSR count). The molecule has 0 bridgehead atoms. The van der Waals surface area contributed by atoms with Gasteiger partial charge in [-0.15, -0.1) is 0 Å². The summed E-state index contributed by atoms with van der Waals surface area (Å²) in [6.45, 7) is 4.32. The summed E-state index contributed by atoms with van der Waals surface area (Å²) in [6.07, 6.45) is -1.74. The number of Topliss-reactive ketones (excluding diaryl/α,β-unsaturated/α-hetero) is 1. The van der Waals surface area contributed by atoms with Crippen LogP contribution >= 0.6 is 0 Å². The minimum atomic E-state index is -4.60. The van der Waals surface area contributed by atoms with Gasteiger partial charge in [-0.1, -0.05) is 19.9 Å². The molecule has 2 heterocycles. The van der Waals surface area contributed by atoms with Crippen molar-refractivity contribution in [3.63, 3.8) is 0 Å². The fraction of sp³-hybridized carbons (Fsp3) is 0.500. The van der Waals surface area contributed by atoms with E-state index in [4.69, 9.17) is 5.73 Å². The van der Waals surface area contributed by atoms with Crippen LogP contribution in [0.25, 0.3) is 0 Å². The molecule has 1 aromatic heterocycles. The quantitative estimate of drug-likeness (QED) is 0.828. The van der Waals surface area contributed by atoms with E-state index in [-0.39, 0.29) is 17.2 Å². The van der Waals surface area contributed by atoms with E-state index in [2.05, 4.69) is 4.98 Å². The van der Waals surface area contributed by atoms with E-state index >= 15 is 0 Å². The summed E-state index contributed by atoms with van der Waals surface area (Å²) in [5, 5.41) is 0. The van der Waals surface area contributed by atoms with E-state index < -0.39 is 28.6 Å². The van der Waals surface area contributed by atoms with E-state index in [1.807, 2.05) is 13.8 Å². The maximum absolute atomic E-state index is 12.8. The molecule has 1 atom stereocenters. The Balaban J connectivity index is 1.83. The van der Waals surface area contributed by atoms with E-state index in [0.717, 1.165) is 6.07 Å². The standard InChI is InChI=1S/C18H20F3N3O2/c1-16(2)9-17(8-11(22)14(16)25)6-7-24(10-17)15(26)12-4-3-5-13(23-12)18(19,20)21/h3-5,8H,6-7,9-10,22H2,1-2H3/t17-/m1/s1. The van der Waals surface area contributed by atoms with E-state index in [0.29, 0.717) is 25.9 Å². The number of pyridine rings is 1. The van der Waals surface area contributed by atoms with Crippen molar-refractivity contribution in [1.29, 1.82) is 0 Å². The van der Waals surface area contributed by atoms with Gasteiger partial charge < -0.3 is 10.6 Å². The number of allylic oxidation sites excluding steroid dienone is 1. The van der Waals surface area contributed by atoms with Crippen molar-refractivity contribution in [2.24, 2.45) is 16.6 Å². The molecule has 1 aliphatic heterocycles. The van der Waals surface area contributed by atoms with Crippen molar-refractivity contribution in [1.82, 2.24) is 9.88 Å². The maximum atomic E-state index is 12.8. The van der Waals surface area contributed by atoms with Gasteiger partial charge in [0.25, 0.3) is 5.91 Å². The van der Waals surface area contributed by atoms with Crippen LogP contribution in [-0.2, 0) is 11.0 Å². The molecule has 1 aliphatic carbocycles. The average Bonchev–Trinajstić information content (AvgIpc) is 2.94. The minimum absolute atomic E-state index is 0.118. The second kappa shape index (κ2) is 5.82. The second-order valence-corrected chi connectivity index (χ2v) is 7.73. The lowest BCUT2D eigenvalue weighted by molar-refractivity contribution is -0.141. The van der Waals surface area contributed by atoms with Crippen LogP contribution in [0.2, 0.25) is 0 Å². The first-order valence-electron chi connectivity index (χ1n) is 8.30. The Morgan fingerprint density at radius 1 is 1.31 bits per heavy atom. The second-order valence-electron chi connectivity index (χ2n) is 7.73. The molecule has 2 aliphatic rings. The Morgan fingerprint density at radius 3 is 2.62 bits per heavy atom. The highest BCUT2D eigenvalue weighted by Gasteiger charge is 2.48. The lowest BCUT2D eigenvalue weighted by Crippen LogP contribution is -2.42. The number of aromatic nitrogens is 1. The lowest BCUT2D eigenvalue weighted by atomic mass is 9.65. The molecule has 8 heteroatoms. The van der Waals surface area contributed by atoms with Crippen LogP contribution in [-0.4, -0.2) is 34.7 Å². The normalized spacial score (nSPS) is 25.5. The van der Waals surface area contributed by atoms with Crippen LogP contribution < -0.4 is 5.73 Å². The third kappa shape index (κ3) is 3.20. The van der Waals surface area contributed by atoms with E-state index in [1.54, 1.807) is 6.08 Å². The fourth-order valence-corrected chi connectivity index (χ4v) is 4.00. The van der Waals surface area contributed by atoms with Crippen LogP contribution in [0.1, 0.15) is 42.9 Å². The van der Waals surface area contributed by atoms with Crippen LogP contribution in [0.15, 0.2) is 30.0 Å². The van der Waals surface area contributed by atoms with Gasteiger partial charge in [-0.25, -0.2) is 4.98 Å². The Morgan fingerprint density at radius 2 is 2.00 bits per heavy atom. The number of nitrogens with two attached hydrogens (primary N) is 1. The minimum Gasteiger partial charge on any atom is -0.396 e. The van der Waals surface area contributed by atoms with E-state index in [9.17, 15) is 22.8 Å². The van der Waals surface area contributed by atoms with Crippen LogP contribution in [0.3, 0.4) is 0 Å². The van der Waals surface area contributed by atoms with Crippen molar-refractivity contribution in [2.75, 3.05) is 13.1 Å². The van der Waals surface area contributed by atoms with Gasteiger partial charge >= 0.3 is 6.18 Å². The third-order valence-corrected chi connectivity index (χ3v) is 5.06. The van der Waals surface area contributed by atoms with Gasteiger partial charge in [0.1, 0.15) is 11.4 Å². The molecule has 1 saturated heterocycles. The van der Waals surface area contributed by atoms with Crippen molar-refractivity contribution >= 4 is 11.7 Å². The number of alkyl halides is 3. The van der Waals surface area contributed by atoms with Crippen LogP contribution in [0.4, 0.5) is 13.2 Å². The van der Waals surface area contributed by atoms with Crippen LogP contribution in [0.5, 0.6) is 0 Å². The predicted molar refractivity (Wildman–Crippen MR) is 87.9 cm³/mol. The summed E-state index contributed by atoms with van der Waals surface area (Å²) in [4.78, 5) is 29.8. The number of ketones is 1. The van der Waals surface area contributed by atoms with Gasteiger partial charge in [0, 0.05) is 23.9 Å². The number of likely N-dealkylation sites (tertiary alicyclic amines) is 1. The molecule has 1 fully saturated rings. The Kier molecular flexibility index (Phi) is 4.12. The molecular weight excluding hydrogens is 347 g/mol. The summed E-state index contributed by atoms with van der Waals surface area (Å²) in [5.41, 5.74) is 3.67. The van der Waals surface area contributed by atoms with Crippen molar-refractivity contribution in [3.8, 4) is 0 Å². The number of hydrogen-bond donors (Lipinski definition) is 1. The molecule has 0 unspecified atom stereocenters. The SMILES string of the molecule is CC1(C)C[C@]2(C=C(N)C1=O)CCN(C(=O)c1cccc(C(F)(F)F)n1)C2. The van der Waals surface area contributed by atoms with Crippen molar-refractivity contribution in [2.45, 2.75) is 32.9 Å². The number of hydrogen-bond acceptors (Lipinski definition) is 4. The maximum Gasteiger partial charge on any atom is 0.433 e. The number of amides is 1. The summed E-state index contributed by atoms with van der Waals surface area (Å²) >= 11 is 0. The first kappa shape index (κ1) is 18.4. The molecule has 2 N–H and O–H groups in total. The average molecular weight is 367 g/mol. The van der Waals surface area contributed by atoms with Crippen molar-refractivity contribution in [3.05, 3.63) is 41.4 Å². The molecule has 140 valence electrons. The zero-order chi connectivity index (χ0) is 19.3. The highest BCUT2D eigenvalue weighted by Crippen LogP contribution is 2.47. The predicted octanol–water partition coefficient (Wildman–Crippen LogP) is 2.77. The van der Waals surface area contributed by atoms with Crippen LogP contribution in [0, 0.1) is 10.8 Å². The monoisotopic (exact) mass is 367 g/mol.